The van der Waals surface area contributed by atoms with E-state index in [0.717, 1.165) is 19.4 Å². The maximum atomic E-state index is 11.5. The Hall–Kier alpha value is -0.353. The molecule has 2 aliphatic carbocycles. The zero-order valence-electron chi connectivity index (χ0n) is 9.85. The van der Waals surface area contributed by atoms with Crippen LogP contribution >= 0.6 is 0 Å². The molecule has 0 radical (unpaired) electrons. The van der Waals surface area contributed by atoms with Crippen LogP contribution < -0.4 is 0 Å². The van der Waals surface area contributed by atoms with Gasteiger partial charge in [0.05, 0.1) is 12.0 Å². The molecular formula is C12H20O3Si. The second-order valence-corrected chi connectivity index (χ2v) is 6.45. The third kappa shape index (κ3) is 1.54. The molecule has 2 bridgehead atoms. The molecule has 5 unspecified atom stereocenters. The topological polar surface area (TPSA) is 35.5 Å². The summed E-state index contributed by atoms with van der Waals surface area (Å²) in [5.74, 6) is 1.35. The number of unbranched alkanes of at least 4 members (excludes halogenated alkanes) is 1. The van der Waals surface area contributed by atoms with Gasteiger partial charge in [-0.3, -0.25) is 4.79 Å². The highest BCUT2D eigenvalue weighted by molar-refractivity contribution is 6.08. The third-order valence-electron chi connectivity index (χ3n) is 4.47. The number of fused-ring (bicyclic) bond motifs is 1. The van der Waals surface area contributed by atoms with Gasteiger partial charge in [-0.15, -0.1) is 0 Å². The summed E-state index contributed by atoms with van der Waals surface area (Å²) in [6, 6.07) is 1.36. The summed E-state index contributed by atoms with van der Waals surface area (Å²) in [6.07, 6.45) is 4.97. The monoisotopic (exact) mass is 240 g/mol. The molecule has 3 rings (SSSR count). The largest absolute Gasteiger partial charge is 0.459 e. The van der Waals surface area contributed by atoms with Gasteiger partial charge in [-0.2, -0.15) is 0 Å². The van der Waals surface area contributed by atoms with Gasteiger partial charge in [0.2, 0.25) is 0 Å². The van der Waals surface area contributed by atoms with Crippen LogP contribution in [0.3, 0.4) is 0 Å². The smallest absolute Gasteiger partial charge is 0.309 e. The third-order valence-corrected chi connectivity index (χ3v) is 5.18. The number of carbonyl (C=O) groups excluding carboxylic acids is 1. The van der Waals surface area contributed by atoms with Crippen molar-refractivity contribution in [1.82, 2.24) is 0 Å². The van der Waals surface area contributed by atoms with Gasteiger partial charge in [0.1, 0.15) is 6.10 Å². The molecule has 4 heteroatoms. The minimum Gasteiger partial charge on any atom is -0.459 e. The van der Waals surface area contributed by atoms with Crippen molar-refractivity contribution < 1.29 is 14.3 Å². The van der Waals surface area contributed by atoms with Gasteiger partial charge in [-0.25, -0.2) is 0 Å². The van der Waals surface area contributed by atoms with Gasteiger partial charge in [0, 0.05) is 22.8 Å². The first-order valence-electron chi connectivity index (χ1n) is 6.63. The van der Waals surface area contributed by atoms with Crippen molar-refractivity contribution in [2.24, 2.45) is 17.8 Å². The van der Waals surface area contributed by atoms with Crippen molar-refractivity contribution in [2.75, 3.05) is 6.61 Å². The average Bonchev–Trinajstić information content (AvgIpc) is 2.87. The van der Waals surface area contributed by atoms with E-state index in [1.807, 2.05) is 0 Å². The predicted molar refractivity (Wildman–Crippen MR) is 63.3 cm³/mol. The molecule has 3 nitrogen and oxygen atoms in total. The molecule has 0 aromatic carbocycles. The van der Waals surface area contributed by atoms with Crippen molar-refractivity contribution in [3.8, 4) is 0 Å². The molecule has 90 valence electrons. The van der Waals surface area contributed by atoms with Crippen molar-refractivity contribution in [2.45, 2.75) is 43.9 Å². The lowest BCUT2D eigenvalue weighted by molar-refractivity contribution is -0.147. The molecule has 1 aliphatic heterocycles. The molecule has 0 spiro atoms. The zero-order valence-corrected chi connectivity index (χ0v) is 11.9. The van der Waals surface area contributed by atoms with E-state index in [-0.39, 0.29) is 24.1 Å². The highest BCUT2D eigenvalue weighted by atomic mass is 28.1. The fourth-order valence-electron chi connectivity index (χ4n) is 3.70. The van der Waals surface area contributed by atoms with Crippen LogP contribution in [0.15, 0.2) is 0 Å². The summed E-state index contributed by atoms with van der Waals surface area (Å²) in [4.78, 5) is 11.5. The number of carbonyl (C=O) groups is 1. The first-order valence-corrected chi connectivity index (χ1v) is 8.04. The molecule has 0 amide bonds. The Morgan fingerprint density at radius 1 is 1.38 bits per heavy atom. The van der Waals surface area contributed by atoms with Gasteiger partial charge in [-0.05, 0) is 25.2 Å². The van der Waals surface area contributed by atoms with E-state index in [2.05, 4.69) is 0 Å². The van der Waals surface area contributed by atoms with Crippen LogP contribution in [0.2, 0.25) is 6.04 Å². The summed E-state index contributed by atoms with van der Waals surface area (Å²) in [6.45, 7) is 0.856. The van der Waals surface area contributed by atoms with Crippen LogP contribution in [0.25, 0.3) is 0 Å². The van der Waals surface area contributed by atoms with Crippen molar-refractivity contribution in [1.29, 1.82) is 0 Å². The summed E-state index contributed by atoms with van der Waals surface area (Å²) >= 11 is 0. The number of rotatable bonds is 5. The van der Waals surface area contributed by atoms with E-state index in [1.165, 1.54) is 29.1 Å². The second-order valence-electron chi connectivity index (χ2n) is 5.45. The lowest BCUT2D eigenvalue weighted by atomic mass is 9.88. The van der Waals surface area contributed by atoms with Crippen LogP contribution in [-0.4, -0.2) is 35.0 Å². The van der Waals surface area contributed by atoms with E-state index < -0.39 is 0 Å². The average molecular weight is 240 g/mol. The van der Waals surface area contributed by atoms with Gasteiger partial charge >= 0.3 is 5.97 Å². The number of hydrogen-bond donors (Lipinski definition) is 0. The van der Waals surface area contributed by atoms with Crippen LogP contribution in [-0.2, 0) is 14.3 Å². The van der Waals surface area contributed by atoms with Gasteiger partial charge in [0.25, 0.3) is 0 Å². The molecule has 0 N–H and O–H groups in total. The molecular weight excluding hydrogens is 220 g/mol. The Balaban J connectivity index is 1.56. The molecule has 3 aliphatic rings. The lowest BCUT2D eigenvalue weighted by Crippen LogP contribution is -2.34. The second kappa shape index (κ2) is 4.15. The first-order chi connectivity index (χ1) is 7.81. The Labute approximate surface area is 99.3 Å². The van der Waals surface area contributed by atoms with Gasteiger partial charge in [-0.1, -0.05) is 12.5 Å². The first kappa shape index (κ1) is 10.8. The minimum absolute atomic E-state index is 0.0446. The highest BCUT2D eigenvalue weighted by Gasteiger charge is 2.62. The van der Waals surface area contributed by atoms with E-state index >= 15 is 0 Å². The molecule has 3 fully saturated rings. The summed E-state index contributed by atoms with van der Waals surface area (Å²) in [7, 11) is 1.29. The molecule has 1 heterocycles. The summed E-state index contributed by atoms with van der Waals surface area (Å²) in [5, 5.41) is 0. The summed E-state index contributed by atoms with van der Waals surface area (Å²) in [5.41, 5.74) is 0. The van der Waals surface area contributed by atoms with E-state index in [1.54, 1.807) is 0 Å². The maximum Gasteiger partial charge on any atom is 0.309 e. The van der Waals surface area contributed by atoms with Crippen LogP contribution in [0.1, 0.15) is 25.7 Å². The molecule has 2 saturated carbocycles. The number of esters is 1. The predicted octanol–water partition coefficient (Wildman–Crippen LogP) is 0.517. The zero-order chi connectivity index (χ0) is 11.1. The maximum absolute atomic E-state index is 11.5. The van der Waals surface area contributed by atoms with Crippen LogP contribution in [0, 0.1) is 17.8 Å². The van der Waals surface area contributed by atoms with Crippen LogP contribution in [0.4, 0.5) is 0 Å². The molecule has 0 aromatic rings. The Bertz CT molecular complexity index is 294. The Morgan fingerprint density at radius 2 is 2.25 bits per heavy atom. The van der Waals surface area contributed by atoms with E-state index in [0.29, 0.717) is 11.8 Å². The fraction of sp³-hybridized carbons (Fsp3) is 0.917. The summed E-state index contributed by atoms with van der Waals surface area (Å²) < 4.78 is 11.4. The highest BCUT2D eigenvalue weighted by Crippen LogP contribution is 2.55. The normalized spacial score (nSPS) is 44.2. The lowest BCUT2D eigenvalue weighted by Gasteiger charge is -2.25. The standard InChI is InChI=1S/C12H20O3Si/c13-12-9-6-7-5-8(9)11(15-12)10(7)14-3-1-2-4-16/h7-11H,1-6H2,16H3. The Morgan fingerprint density at radius 3 is 3.06 bits per heavy atom. The van der Waals surface area contributed by atoms with E-state index in [4.69, 9.17) is 9.47 Å². The van der Waals surface area contributed by atoms with Gasteiger partial charge < -0.3 is 9.47 Å². The van der Waals surface area contributed by atoms with Gasteiger partial charge in [0.15, 0.2) is 0 Å². The Kier molecular flexibility index (Phi) is 2.79. The number of ether oxygens (including phenoxy) is 2. The SMILES string of the molecule is O=C1OC2C3CC(CC13)C2OCCCC[SiH3]. The van der Waals surface area contributed by atoms with E-state index in [9.17, 15) is 4.79 Å². The quantitative estimate of drug-likeness (QED) is 0.399. The minimum atomic E-state index is 0.0446. The van der Waals surface area contributed by atoms with Crippen LogP contribution in [0.5, 0.6) is 0 Å². The fourth-order valence-corrected chi connectivity index (χ4v) is 4.20. The van der Waals surface area contributed by atoms with Crippen molar-refractivity contribution >= 4 is 16.2 Å². The molecule has 16 heavy (non-hydrogen) atoms. The van der Waals surface area contributed by atoms with Crippen molar-refractivity contribution in [3.63, 3.8) is 0 Å². The molecule has 5 atom stereocenters. The molecule has 1 saturated heterocycles. The van der Waals surface area contributed by atoms with Crippen molar-refractivity contribution in [3.05, 3.63) is 0 Å². The molecule has 0 aromatic heterocycles. The number of hydrogen-bond acceptors (Lipinski definition) is 3.